The molecule has 0 bridgehead atoms. The summed E-state index contributed by atoms with van der Waals surface area (Å²) in [6, 6.07) is 11.4. The predicted octanol–water partition coefficient (Wildman–Crippen LogP) is 3.90. The monoisotopic (exact) mass is 351 g/mol. The maximum Gasteiger partial charge on any atom is 0.289 e. The third-order valence-corrected chi connectivity index (χ3v) is 4.64. The average molecular weight is 351 g/mol. The number of furan rings is 1. The van der Waals surface area contributed by atoms with Crippen LogP contribution in [0.1, 0.15) is 35.0 Å². The van der Waals surface area contributed by atoms with Crippen molar-refractivity contribution in [3.05, 3.63) is 72.2 Å². The minimum absolute atomic E-state index is 0.0903. The molecule has 1 atom stereocenters. The zero-order valence-electron chi connectivity index (χ0n) is 14.1. The fraction of sp³-hybridized carbons (Fsp3) is 0.250. The van der Waals surface area contributed by atoms with Gasteiger partial charge < -0.3 is 9.32 Å². The Balaban J connectivity index is 1.54. The van der Waals surface area contributed by atoms with Gasteiger partial charge in [-0.15, -0.1) is 0 Å². The fourth-order valence-corrected chi connectivity index (χ4v) is 3.30. The largest absolute Gasteiger partial charge is 0.459 e. The van der Waals surface area contributed by atoms with E-state index in [4.69, 9.17) is 4.42 Å². The van der Waals surface area contributed by atoms with Gasteiger partial charge in [0, 0.05) is 36.5 Å². The van der Waals surface area contributed by atoms with Crippen LogP contribution in [0.15, 0.2) is 59.3 Å². The Morgan fingerprint density at radius 3 is 2.81 bits per heavy atom. The average Bonchev–Trinajstić information content (AvgIpc) is 3.23. The van der Waals surface area contributed by atoms with Crippen LogP contribution in [0, 0.1) is 5.82 Å². The highest BCUT2D eigenvalue weighted by Crippen LogP contribution is 2.27. The molecular formula is C20H18FN3O2. The number of carbonyl (C=O) groups is 1. The van der Waals surface area contributed by atoms with Gasteiger partial charge in [-0.25, -0.2) is 14.4 Å². The summed E-state index contributed by atoms with van der Waals surface area (Å²) in [6.45, 7) is 1.31. The Hall–Kier alpha value is -3.02. The van der Waals surface area contributed by atoms with Crippen molar-refractivity contribution in [2.45, 2.75) is 18.8 Å². The summed E-state index contributed by atoms with van der Waals surface area (Å²) in [7, 11) is 0. The van der Waals surface area contributed by atoms with Crippen LogP contribution in [0.2, 0.25) is 0 Å². The molecule has 1 aromatic carbocycles. The molecule has 3 heterocycles. The minimum Gasteiger partial charge on any atom is -0.459 e. The van der Waals surface area contributed by atoms with Gasteiger partial charge in [0.1, 0.15) is 5.82 Å². The van der Waals surface area contributed by atoms with Crippen molar-refractivity contribution < 1.29 is 13.6 Å². The van der Waals surface area contributed by atoms with E-state index < -0.39 is 0 Å². The second kappa shape index (κ2) is 7.07. The number of likely N-dealkylation sites (tertiary alicyclic amines) is 1. The highest BCUT2D eigenvalue weighted by molar-refractivity contribution is 5.91. The quantitative estimate of drug-likeness (QED) is 0.718. The molecule has 1 amide bonds. The number of halogens is 1. The molecule has 1 fully saturated rings. The molecule has 132 valence electrons. The lowest BCUT2D eigenvalue weighted by molar-refractivity contribution is 0.0673. The van der Waals surface area contributed by atoms with E-state index in [9.17, 15) is 9.18 Å². The molecule has 4 rings (SSSR count). The minimum atomic E-state index is -0.288. The third kappa shape index (κ3) is 3.35. The number of aromatic nitrogens is 2. The number of amides is 1. The molecule has 0 unspecified atom stereocenters. The van der Waals surface area contributed by atoms with Gasteiger partial charge in [0.25, 0.3) is 5.91 Å². The number of carbonyl (C=O) groups excluding carboxylic acids is 1. The topological polar surface area (TPSA) is 59.2 Å². The van der Waals surface area contributed by atoms with E-state index in [2.05, 4.69) is 9.97 Å². The van der Waals surface area contributed by atoms with E-state index in [1.54, 1.807) is 30.5 Å². The molecule has 2 aromatic heterocycles. The van der Waals surface area contributed by atoms with Crippen molar-refractivity contribution in [1.29, 1.82) is 0 Å². The molecule has 0 saturated carbocycles. The van der Waals surface area contributed by atoms with Gasteiger partial charge in [-0.1, -0.05) is 0 Å². The maximum absolute atomic E-state index is 13.1. The van der Waals surface area contributed by atoms with Crippen LogP contribution in [-0.4, -0.2) is 33.9 Å². The summed E-state index contributed by atoms with van der Waals surface area (Å²) >= 11 is 0. The Morgan fingerprint density at radius 1 is 1.19 bits per heavy atom. The number of nitrogens with zero attached hydrogens (tertiary/aromatic N) is 3. The van der Waals surface area contributed by atoms with E-state index in [1.807, 2.05) is 11.0 Å². The number of hydrogen-bond acceptors (Lipinski definition) is 4. The molecule has 6 heteroatoms. The second-order valence-corrected chi connectivity index (χ2v) is 6.38. The molecule has 3 aromatic rings. The fourth-order valence-electron chi connectivity index (χ4n) is 3.30. The summed E-state index contributed by atoms with van der Waals surface area (Å²) < 4.78 is 18.4. The summed E-state index contributed by atoms with van der Waals surface area (Å²) in [5, 5.41) is 0. The Morgan fingerprint density at radius 2 is 2.04 bits per heavy atom. The molecule has 1 aliphatic heterocycles. The molecule has 26 heavy (non-hydrogen) atoms. The number of hydrogen-bond donors (Lipinski definition) is 0. The Kier molecular flexibility index (Phi) is 4.48. The second-order valence-electron chi connectivity index (χ2n) is 6.38. The lowest BCUT2D eigenvalue weighted by Gasteiger charge is -2.32. The van der Waals surface area contributed by atoms with Crippen LogP contribution in [0.25, 0.3) is 11.4 Å². The van der Waals surface area contributed by atoms with Crippen molar-refractivity contribution in [1.82, 2.24) is 14.9 Å². The first kappa shape index (κ1) is 16.4. The molecule has 0 spiro atoms. The normalized spacial score (nSPS) is 17.3. The summed E-state index contributed by atoms with van der Waals surface area (Å²) in [6.07, 6.45) is 5.09. The van der Waals surface area contributed by atoms with Crippen LogP contribution < -0.4 is 0 Å². The summed E-state index contributed by atoms with van der Waals surface area (Å²) in [5.41, 5.74) is 1.67. The van der Waals surface area contributed by atoms with E-state index >= 15 is 0 Å². The summed E-state index contributed by atoms with van der Waals surface area (Å²) in [5.74, 6) is 0.693. The first-order valence-corrected chi connectivity index (χ1v) is 8.62. The molecule has 0 N–H and O–H groups in total. The van der Waals surface area contributed by atoms with Crippen LogP contribution in [0.4, 0.5) is 4.39 Å². The van der Waals surface area contributed by atoms with Crippen LogP contribution in [-0.2, 0) is 0 Å². The predicted molar refractivity (Wildman–Crippen MR) is 94.0 cm³/mol. The molecule has 0 radical (unpaired) electrons. The zero-order chi connectivity index (χ0) is 17.9. The zero-order valence-corrected chi connectivity index (χ0v) is 14.1. The van der Waals surface area contributed by atoms with Crippen molar-refractivity contribution in [3.8, 4) is 11.4 Å². The molecule has 1 saturated heterocycles. The van der Waals surface area contributed by atoms with Crippen molar-refractivity contribution in [2.24, 2.45) is 0 Å². The van der Waals surface area contributed by atoms with Gasteiger partial charge >= 0.3 is 0 Å². The molecule has 0 aliphatic carbocycles. The van der Waals surface area contributed by atoms with Crippen LogP contribution in [0.3, 0.4) is 0 Å². The smallest absolute Gasteiger partial charge is 0.289 e. The number of piperidine rings is 1. The Labute approximate surface area is 150 Å². The van der Waals surface area contributed by atoms with Gasteiger partial charge in [-0.3, -0.25) is 4.79 Å². The van der Waals surface area contributed by atoms with Crippen molar-refractivity contribution >= 4 is 5.91 Å². The Bertz CT molecular complexity index is 894. The lowest BCUT2D eigenvalue weighted by Crippen LogP contribution is -2.39. The maximum atomic E-state index is 13.1. The van der Waals surface area contributed by atoms with Crippen molar-refractivity contribution in [3.63, 3.8) is 0 Å². The standard InChI is InChI=1S/C20H18FN3O2/c21-16-7-5-14(6-8-16)19-22-10-9-17(23-19)15-3-1-11-24(13-15)20(25)18-4-2-12-26-18/h2,4-10,12,15H,1,3,11,13H2/t15-/m0/s1. The van der Waals surface area contributed by atoms with Gasteiger partial charge in [0.2, 0.25) is 0 Å². The summed E-state index contributed by atoms with van der Waals surface area (Å²) in [4.78, 5) is 23.3. The van der Waals surface area contributed by atoms with E-state index in [0.29, 0.717) is 24.7 Å². The molecule has 1 aliphatic rings. The van der Waals surface area contributed by atoms with E-state index in [-0.39, 0.29) is 17.6 Å². The lowest BCUT2D eigenvalue weighted by atomic mass is 9.94. The van der Waals surface area contributed by atoms with Gasteiger partial charge in [0.05, 0.1) is 6.26 Å². The van der Waals surface area contributed by atoms with Gasteiger partial charge in [0.15, 0.2) is 11.6 Å². The van der Waals surface area contributed by atoms with Crippen LogP contribution >= 0.6 is 0 Å². The third-order valence-electron chi connectivity index (χ3n) is 4.64. The van der Waals surface area contributed by atoms with E-state index in [0.717, 1.165) is 24.1 Å². The first-order valence-electron chi connectivity index (χ1n) is 8.62. The molecule has 5 nitrogen and oxygen atoms in total. The van der Waals surface area contributed by atoms with Gasteiger partial charge in [-0.2, -0.15) is 0 Å². The molecular weight excluding hydrogens is 333 g/mol. The van der Waals surface area contributed by atoms with Gasteiger partial charge in [-0.05, 0) is 55.3 Å². The number of benzene rings is 1. The number of rotatable bonds is 3. The van der Waals surface area contributed by atoms with E-state index in [1.165, 1.54) is 18.4 Å². The highest BCUT2D eigenvalue weighted by Gasteiger charge is 2.27. The first-order chi connectivity index (χ1) is 12.7. The SMILES string of the molecule is O=C(c1ccco1)N1CCC[C@H](c2ccnc(-c3ccc(F)cc3)n2)C1. The van der Waals surface area contributed by atoms with Crippen LogP contribution in [0.5, 0.6) is 0 Å². The van der Waals surface area contributed by atoms with Crippen molar-refractivity contribution in [2.75, 3.05) is 13.1 Å². The highest BCUT2D eigenvalue weighted by atomic mass is 19.1.